The lowest BCUT2D eigenvalue weighted by molar-refractivity contribution is -0.120. The van der Waals surface area contributed by atoms with E-state index < -0.39 is 0 Å². The second-order valence-corrected chi connectivity index (χ2v) is 6.52. The Bertz CT molecular complexity index is 813. The maximum absolute atomic E-state index is 12.2. The third-order valence-electron chi connectivity index (χ3n) is 3.45. The van der Waals surface area contributed by atoms with E-state index in [-0.39, 0.29) is 11.2 Å². The van der Waals surface area contributed by atoms with Gasteiger partial charge >= 0.3 is 0 Å². The number of nitrogens with one attached hydrogen (secondary N) is 1. The number of furan rings is 1. The third kappa shape index (κ3) is 3.86. The van der Waals surface area contributed by atoms with Crippen molar-refractivity contribution in [3.8, 4) is 11.5 Å². The summed E-state index contributed by atoms with van der Waals surface area (Å²) in [7, 11) is 0. The molecule has 0 aliphatic heterocycles. The molecule has 0 saturated carbocycles. The number of aromatic nitrogens is 2. The van der Waals surface area contributed by atoms with Crippen LogP contribution in [0.3, 0.4) is 0 Å². The van der Waals surface area contributed by atoms with Crippen LogP contribution in [0.2, 0.25) is 0 Å². The quantitative estimate of drug-likeness (QED) is 0.691. The normalized spacial score (nSPS) is 12.1. The molecule has 24 heavy (non-hydrogen) atoms. The Kier molecular flexibility index (Phi) is 5.00. The van der Waals surface area contributed by atoms with Crippen molar-refractivity contribution in [1.29, 1.82) is 0 Å². The van der Waals surface area contributed by atoms with Gasteiger partial charge in [0.25, 0.3) is 11.1 Å². The van der Waals surface area contributed by atoms with E-state index in [9.17, 15) is 4.79 Å². The molecule has 1 aromatic carbocycles. The molecule has 0 spiro atoms. The van der Waals surface area contributed by atoms with Gasteiger partial charge in [-0.25, -0.2) is 0 Å². The van der Waals surface area contributed by atoms with Crippen molar-refractivity contribution in [3.63, 3.8) is 0 Å². The first-order valence-electron chi connectivity index (χ1n) is 7.50. The van der Waals surface area contributed by atoms with Crippen molar-refractivity contribution in [1.82, 2.24) is 15.5 Å². The molecule has 1 atom stereocenters. The van der Waals surface area contributed by atoms with Crippen molar-refractivity contribution >= 4 is 17.7 Å². The van der Waals surface area contributed by atoms with Gasteiger partial charge in [-0.3, -0.25) is 4.79 Å². The Balaban J connectivity index is 1.56. The molecule has 2 heterocycles. The van der Waals surface area contributed by atoms with Crippen molar-refractivity contribution < 1.29 is 13.6 Å². The van der Waals surface area contributed by atoms with E-state index in [0.717, 1.165) is 11.1 Å². The summed E-state index contributed by atoms with van der Waals surface area (Å²) in [6.45, 7) is 4.12. The van der Waals surface area contributed by atoms with Crippen LogP contribution in [0.4, 0.5) is 0 Å². The largest absolute Gasteiger partial charge is 0.469 e. The maximum atomic E-state index is 12.2. The average Bonchev–Trinajstić information content (AvgIpc) is 3.22. The van der Waals surface area contributed by atoms with Gasteiger partial charge in [0, 0.05) is 6.54 Å². The van der Waals surface area contributed by atoms with Gasteiger partial charge in [0.1, 0.15) is 5.76 Å². The highest BCUT2D eigenvalue weighted by atomic mass is 32.2. The summed E-state index contributed by atoms with van der Waals surface area (Å²) in [5, 5.41) is 10.9. The lowest BCUT2D eigenvalue weighted by Gasteiger charge is -2.09. The number of hydrogen-bond acceptors (Lipinski definition) is 6. The smallest absolute Gasteiger partial charge is 0.277 e. The first kappa shape index (κ1) is 16.3. The van der Waals surface area contributed by atoms with E-state index in [2.05, 4.69) is 15.5 Å². The molecule has 0 aliphatic rings. The van der Waals surface area contributed by atoms with Gasteiger partial charge in [-0.15, -0.1) is 10.2 Å². The van der Waals surface area contributed by atoms with Gasteiger partial charge in [0.05, 0.1) is 17.1 Å². The Hall–Kier alpha value is -2.54. The molecule has 2 aromatic heterocycles. The van der Waals surface area contributed by atoms with Crippen LogP contribution >= 0.6 is 11.8 Å². The maximum Gasteiger partial charge on any atom is 0.277 e. The molecule has 7 heteroatoms. The van der Waals surface area contributed by atoms with E-state index in [1.807, 2.05) is 37.3 Å². The lowest BCUT2D eigenvalue weighted by atomic mass is 10.2. The fourth-order valence-corrected chi connectivity index (χ4v) is 2.81. The lowest BCUT2D eigenvalue weighted by Crippen LogP contribution is -2.30. The molecule has 1 amide bonds. The number of thioether (sulfide) groups is 1. The summed E-state index contributed by atoms with van der Waals surface area (Å²) in [5.41, 5.74) is 1.81. The molecule has 3 aromatic rings. The van der Waals surface area contributed by atoms with Gasteiger partial charge in [-0.2, -0.15) is 0 Å². The van der Waals surface area contributed by atoms with Gasteiger partial charge in [0.2, 0.25) is 5.91 Å². The van der Waals surface area contributed by atoms with Crippen LogP contribution in [0, 0.1) is 6.92 Å². The van der Waals surface area contributed by atoms with Crippen LogP contribution in [0.15, 0.2) is 56.7 Å². The summed E-state index contributed by atoms with van der Waals surface area (Å²) in [6, 6.07) is 11.5. The van der Waals surface area contributed by atoms with Gasteiger partial charge in [-0.05, 0) is 25.5 Å². The van der Waals surface area contributed by atoms with Gasteiger partial charge < -0.3 is 14.2 Å². The van der Waals surface area contributed by atoms with Crippen LogP contribution in [0.1, 0.15) is 18.2 Å². The summed E-state index contributed by atoms with van der Waals surface area (Å²) in [4.78, 5) is 12.2. The third-order valence-corrected chi connectivity index (χ3v) is 4.39. The Morgan fingerprint density at radius 1 is 1.25 bits per heavy atom. The molecule has 1 N–H and O–H groups in total. The highest BCUT2D eigenvalue weighted by molar-refractivity contribution is 8.00. The van der Waals surface area contributed by atoms with Gasteiger partial charge in [0.15, 0.2) is 0 Å². The van der Waals surface area contributed by atoms with Crippen LogP contribution in [0.5, 0.6) is 0 Å². The zero-order valence-corrected chi connectivity index (χ0v) is 14.2. The zero-order chi connectivity index (χ0) is 16.9. The molecular formula is C17H17N3O3S. The topological polar surface area (TPSA) is 81.2 Å². The Morgan fingerprint density at radius 2 is 2.04 bits per heavy atom. The molecule has 1 unspecified atom stereocenters. The van der Waals surface area contributed by atoms with Crippen LogP contribution in [-0.4, -0.2) is 21.4 Å². The number of rotatable bonds is 6. The summed E-state index contributed by atoms with van der Waals surface area (Å²) in [5.74, 6) is 1.02. The zero-order valence-electron chi connectivity index (χ0n) is 13.4. The minimum atomic E-state index is -0.340. The highest BCUT2D eigenvalue weighted by Gasteiger charge is 2.19. The summed E-state index contributed by atoms with van der Waals surface area (Å²) in [6.07, 6.45) is 1.57. The fraction of sp³-hybridized carbons (Fsp3) is 0.235. The molecule has 0 radical (unpaired) electrons. The second-order valence-electron chi connectivity index (χ2n) is 5.23. The second kappa shape index (κ2) is 7.35. The number of carbonyl (C=O) groups is 1. The minimum absolute atomic E-state index is 0.0805. The van der Waals surface area contributed by atoms with E-state index in [0.29, 0.717) is 23.4 Å². The van der Waals surface area contributed by atoms with Gasteiger partial charge in [-0.1, -0.05) is 42.1 Å². The molecule has 3 rings (SSSR count). The first-order valence-corrected chi connectivity index (χ1v) is 8.37. The predicted octanol–water partition coefficient (Wildman–Crippen LogP) is 3.44. The van der Waals surface area contributed by atoms with Crippen molar-refractivity contribution in [2.24, 2.45) is 0 Å². The number of carbonyl (C=O) groups excluding carboxylic acids is 1. The number of amides is 1. The molecular weight excluding hydrogens is 326 g/mol. The molecule has 124 valence electrons. The summed E-state index contributed by atoms with van der Waals surface area (Å²) < 4.78 is 10.8. The number of hydrogen-bond donors (Lipinski definition) is 1. The monoisotopic (exact) mass is 343 g/mol. The summed E-state index contributed by atoms with van der Waals surface area (Å²) >= 11 is 1.23. The van der Waals surface area contributed by atoms with E-state index in [1.54, 1.807) is 19.3 Å². The first-order chi connectivity index (χ1) is 11.6. The number of aryl methyl sites for hydroxylation is 1. The van der Waals surface area contributed by atoms with Crippen molar-refractivity contribution in [3.05, 3.63) is 54.0 Å². The van der Waals surface area contributed by atoms with E-state index >= 15 is 0 Å². The molecule has 0 saturated heterocycles. The minimum Gasteiger partial charge on any atom is -0.469 e. The van der Waals surface area contributed by atoms with E-state index in [1.165, 1.54) is 11.8 Å². The highest BCUT2D eigenvalue weighted by Crippen LogP contribution is 2.28. The van der Waals surface area contributed by atoms with Crippen LogP contribution in [0.25, 0.3) is 11.5 Å². The predicted molar refractivity (Wildman–Crippen MR) is 90.3 cm³/mol. The van der Waals surface area contributed by atoms with Crippen LogP contribution < -0.4 is 5.32 Å². The number of nitrogens with zero attached hydrogens (tertiary/aromatic N) is 2. The number of benzene rings is 1. The van der Waals surface area contributed by atoms with E-state index in [4.69, 9.17) is 8.83 Å². The van der Waals surface area contributed by atoms with Crippen molar-refractivity contribution in [2.45, 2.75) is 30.9 Å². The van der Waals surface area contributed by atoms with Crippen molar-refractivity contribution in [2.75, 3.05) is 0 Å². The average molecular weight is 343 g/mol. The Morgan fingerprint density at radius 3 is 2.75 bits per heavy atom. The molecule has 6 nitrogen and oxygen atoms in total. The Labute approximate surface area is 143 Å². The fourth-order valence-electron chi connectivity index (χ4n) is 2.11. The standard InChI is InChI=1S/C17H17N3O3S/c1-11-14(8-9-22-11)16-19-20-17(23-16)24-12(2)15(21)18-10-13-6-4-3-5-7-13/h3-9,12H,10H2,1-2H3,(H,18,21). The molecule has 0 aliphatic carbocycles. The molecule has 0 bridgehead atoms. The SMILES string of the molecule is Cc1occc1-c1nnc(SC(C)C(=O)NCc2ccccc2)o1. The van der Waals surface area contributed by atoms with Crippen LogP contribution in [-0.2, 0) is 11.3 Å². The molecule has 0 fully saturated rings.